The Morgan fingerprint density at radius 2 is 1.51 bits per heavy atom. The number of methoxy groups -OCH3 is 2. The largest absolute Gasteiger partial charge is 1.00 e. The molecule has 0 N–H and O–H groups in total. The average Bonchev–Trinajstić information content (AvgIpc) is 3.02. The summed E-state index contributed by atoms with van der Waals surface area (Å²) in [6, 6.07) is 7.99. The summed E-state index contributed by atoms with van der Waals surface area (Å²) in [5.41, 5.74) is 2.27. The fraction of sp³-hybridized carbons (Fsp3) is 0.424. The van der Waals surface area contributed by atoms with Gasteiger partial charge in [-0.25, -0.2) is 9.97 Å². The topological polar surface area (TPSA) is 170 Å². The van der Waals surface area contributed by atoms with Crippen LogP contribution >= 0.6 is 23.5 Å². The van der Waals surface area contributed by atoms with Gasteiger partial charge >= 0.3 is 47.6 Å². The maximum atomic E-state index is 11.9. The van der Waals surface area contributed by atoms with E-state index in [1.165, 1.54) is 19.8 Å². The molecule has 2 atom stereocenters. The normalized spacial score (nSPS) is 14.6. The van der Waals surface area contributed by atoms with E-state index in [4.69, 9.17) is 14.3 Å². The Hall–Kier alpha value is -3.06. The number of hydrogen-bond acceptors (Lipinski definition) is 13. The van der Waals surface area contributed by atoms with E-state index in [0.717, 1.165) is 33.9 Å². The van der Waals surface area contributed by atoms with Crippen molar-refractivity contribution in [2.75, 3.05) is 25.7 Å². The Morgan fingerprint density at radius 1 is 0.979 bits per heavy atom. The molecule has 0 aliphatic heterocycles. The molecule has 0 aromatic carbocycles. The van der Waals surface area contributed by atoms with Crippen LogP contribution in [0.15, 0.2) is 70.7 Å². The number of pyridine rings is 2. The standard InChI is InChI=1S/C16H19NO4S.C12H15NOS.C4H8O2.CO2.Na/c1-10-3-4-14(17-9-10)22-6-5-11-7-12(18)8-13(19)15(11)16(20)21-2;1-10-6-7-12(13-9-10)15-8-4-3-5-11(2)14;1-3-4(5)6-2;2-1-3;/h3-4,8-9,11,15,19H,5-7H2,1-2H3;3,5-7,9H,4,8H2,1-2H3;3H2,1-2H3;;/q;;;;+1/p-1/b;5-3+;;;. The van der Waals surface area contributed by atoms with Crippen molar-refractivity contribution in [1.29, 1.82) is 0 Å². The second-order valence-corrected chi connectivity index (χ2v) is 11.9. The first-order valence-corrected chi connectivity index (χ1v) is 16.2. The van der Waals surface area contributed by atoms with Gasteiger partial charge in [-0.2, -0.15) is 9.59 Å². The van der Waals surface area contributed by atoms with Crippen LogP contribution in [0.25, 0.3) is 0 Å². The number of nitrogens with zero attached hydrogens (tertiary/aromatic N) is 2. The van der Waals surface area contributed by atoms with E-state index in [2.05, 4.69) is 20.8 Å². The molecule has 0 radical (unpaired) electrons. The summed E-state index contributed by atoms with van der Waals surface area (Å²) >= 11 is 3.26. The monoisotopic (exact) mass is 696 g/mol. The van der Waals surface area contributed by atoms with Gasteiger partial charge in [0.15, 0.2) is 11.6 Å². The molecule has 3 rings (SSSR count). The van der Waals surface area contributed by atoms with Crippen LogP contribution in [-0.2, 0) is 38.2 Å². The van der Waals surface area contributed by atoms with E-state index in [1.807, 2.05) is 44.3 Å². The first-order chi connectivity index (χ1) is 21.9. The van der Waals surface area contributed by atoms with Crippen LogP contribution in [-0.4, -0.2) is 65.3 Å². The Kier molecular flexibility index (Phi) is 27.4. The smallest absolute Gasteiger partial charge is 0.875 e. The van der Waals surface area contributed by atoms with Gasteiger partial charge in [-0.15, -0.1) is 29.3 Å². The molecule has 1 aliphatic carbocycles. The van der Waals surface area contributed by atoms with Gasteiger partial charge in [0, 0.05) is 31.0 Å². The summed E-state index contributed by atoms with van der Waals surface area (Å²) in [5.74, 6) is -0.764. The van der Waals surface area contributed by atoms with Crippen molar-refractivity contribution in [3.63, 3.8) is 0 Å². The Balaban J connectivity index is 0. The van der Waals surface area contributed by atoms with Crippen molar-refractivity contribution in [2.24, 2.45) is 11.8 Å². The summed E-state index contributed by atoms with van der Waals surface area (Å²) in [7, 11) is 2.64. The van der Waals surface area contributed by atoms with Gasteiger partial charge in [0.2, 0.25) is 0 Å². The summed E-state index contributed by atoms with van der Waals surface area (Å²) in [6.45, 7) is 7.31. The number of aromatic nitrogens is 2. The van der Waals surface area contributed by atoms with Crippen LogP contribution in [0, 0.1) is 25.7 Å². The summed E-state index contributed by atoms with van der Waals surface area (Å²) in [6.07, 6.45) is 10.6. The van der Waals surface area contributed by atoms with Crippen molar-refractivity contribution >= 4 is 53.2 Å². The van der Waals surface area contributed by atoms with Gasteiger partial charge < -0.3 is 14.6 Å². The third-order valence-electron chi connectivity index (χ3n) is 5.91. The van der Waals surface area contributed by atoms with Crippen molar-refractivity contribution < 1.29 is 72.9 Å². The Morgan fingerprint density at radius 3 is 1.91 bits per heavy atom. The van der Waals surface area contributed by atoms with Crippen LogP contribution in [0.5, 0.6) is 0 Å². The molecule has 0 saturated carbocycles. The molecule has 0 bridgehead atoms. The minimum Gasteiger partial charge on any atom is -0.875 e. The molecule has 11 nitrogen and oxygen atoms in total. The molecule has 0 fully saturated rings. The van der Waals surface area contributed by atoms with E-state index in [0.29, 0.717) is 18.6 Å². The number of ketones is 2. The van der Waals surface area contributed by atoms with Crippen molar-refractivity contribution in [1.82, 2.24) is 9.97 Å². The fourth-order valence-electron chi connectivity index (χ4n) is 3.64. The minimum absolute atomic E-state index is 0. The van der Waals surface area contributed by atoms with Gasteiger partial charge in [0.05, 0.1) is 30.2 Å². The SMILES string of the molecule is CC(=O)/C=C/CCSc1ccc(C)cn1.CCC(=O)OC.COC(=O)C1C([O-])=CC(=O)CC1CCSc1ccc(C)cn1.O=C=O.[Na+]. The third-order valence-corrected chi connectivity index (χ3v) is 7.86. The second kappa shape index (κ2) is 28.0. The predicted octanol–water partition coefficient (Wildman–Crippen LogP) is 1.50. The summed E-state index contributed by atoms with van der Waals surface area (Å²) < 4.78 is 8.95. The van der Waals surface area contributed by atoms with Gasteiger partial charge in [-0.3, -0.25) is 19.2 Å². The molecule has 47 heavy (non-hydrogen) atoms. The first-order valence-electron chi connectivity index (χ1n) is 14.3. The number of hydrogen-bond donors (Lipinski definition) is 0. The molecule has 0 spiro atoms. The Labute approximate surface area is 307 Å². The van der Waals surface area contributed by atoms with Crippen molar-refractivity contribution in [3.05, 3.63) is 71.8 Å². The van der Waals surface area contributed by atoms with Gasteiger partial charge in [-0.1, -0.05) is 25.1 Å². The van der Waals surface area contributed by atoms with Crippen LogP contribution in [0.3, 0.4) is 0 Å². The van der Waals surface area contributed by atoms with Crippen LogP contribution in [0.1, 0.15) is 50.7 Å². The molecule has 2 unspecified atom stereocenters. The van der Waals surface area contributed by atoms with Crippen molar-refractivity contribution in [3.8, 4) is 0 Å². The maximum absolute atomic E-state index is 11.9. The number of carbonyl (C=O) groups is 4. The van der Waals surface area contributed by atoms with Crippen LogP contribution in [0.4, 0.5) is 0 Å². The quantitative estimate of drug-likeness (QED) is 0.109. The molecule has 2 aromatic heterocycles. The number of thioether (sulfide) groups is 2. The van der Waals surface area contributed by atoms with Gasteiger partial charge in [0.25, 0.3) is 0 Å². The molecule has 1 aliphatic rings. The summed E-state index contributed by atoms with van der Waals surface area (Å²) in [5, 5.41) is 13.8. The van der Waals surface area contributed by atoms with E-state index in [1.54, 1.807) is 49.6 Å². The number of aryl methyl sites for hydroxylation is 2. The van der Waals surface area contributed by atoms with Crippen LogP contribution < -0.4 is 34.7 Å². The zero-order chi connectivity index (χ0) is 34.9. The maximum Gasteiger partial charge on any atom is 1.00 e. The summed E-state index contributed by atoms with van der Waals surface area (Å²) in [4.78, 5) is 68.7. The zero-order valence-corrected chi connectivity index (χ0v) is 31.6. The van der Waals surface area contributed by atoms with E-state index < -0.39 is 17.6 Å². The van der Waals surface area contributed by atoms with E-state index in [-0.39, 0.29) is 65.6 Å². The number of esters is 2. The van der Waals surface area contributed by atoms with E-state index >= 15 is 0 Å². The second-order valence-electron chi connectivity index (χ2n) is 9.63. The molecule has 14 heteroatoms. The van der Waals surface area contributed by atoms with Crippen molar-refractivity contribution in [2.45, 2.75) is 63.4 Å². The molecule has 2 heterocycles. The molecular formula is C33H41N2NaO9S2. The first kappa shape index (κ1) is 46.1. The molecule has 2 aromatic rings. The fourth-order valence-corrected chi connectivity index (χ4v) is 5.32. The number of allylic oxidation sites excluding steroid dienone is 3. The molecule has 0 amide bonds. The zero-order valence-electron chi connectivity index (χ0n) is 28.0. The molecule has 250 valence electrons. The number of ether oxygens (including phenoxy) is 2. The number of rotatable bonds is 11. The molecule has 0 saturated heterocycles. The van der Waals surface area contributed by atoms with Gasteiger partial charge in [-0.05, 0) is 80.7 Å². The number of carbonyl (C=O) groups excluding carboxylic acids is 6. The third kappa shape index (κ3) is 22.2. The molecular weight excluding hydrogens is 655 g/mol. The van der Waals surface area contributed by atoms with E-state index in [9.17, 15) is 24.3 Å². The Bertz CT molecular complexity index is 1320. The van der Waals surface area contributed by atoms with Gasteiger partial charge in [0.1, 0.15) is 0 Å². The van der Waals surface area contributed by atoms with Crippen LogP contribution in [0.2, 0.25) is 0 Å². The minimum atomic E-state index is -0.853. The predicted molar refractivity (Wildman–Crippen MR) is 172 cm³/mol. The average molecular weight is 697 g/mol.